The Morgan fingerprint density at radius 1 is 1.24 bits per heavy atom. The summed E-state index contributed by atoms with van der Waals surface area (Å²) in [5.74, 6) is 0. The highest BCUT2D eigenvalue weighted by atomic mass is 32.1. The second-order valence-electron chi connectivity index (χ2n) is 3.67. The van der Waals surface area contributed by atoms with Gasteiger partial charge in [-0.1, -0.05) is 30.4 Å². The molecule has 0 spiro atoms. The van der Waals surface area contributed by atoms with E-state index in [2.05, 4.69) is 22.8 Å². The topological polar surface area (TPSA) is 38.0 Å². The van der Waals surface area contributed by atoms with E-state index in [0.29, 0.717) is 4.99 Å². The molecule has 4 heteroatoms. The first-order valence-electron chi connectivity index (χ1n) is 5.42. The summed E-state index contributed by atoms with van der Waals surface area (Å²) < 4.78 is 0. The van der Waals surface area contributed by atoms with Crippen LogP contribution in [0.15, 0.2) is 41.8 Å². The molecule has 0 unspecified atom stereocenters. The molecule has 0 amide bonds. The molecule has 0 radical (unpaired) electrons. The minimum absolute atomic E-state index is 0.434. The molecule has 2 rings (SSSR count). The summed E-state index contributed by atoms with van der Waals surface area (Å²) in [4.78, 5) is 1.81. The van der Waals surface area contributed by atoms with Crippen molar-refractivity contribution in [2.24, 2.45) is 5.73 Å². The van der Waals surface area contributed by atoms with E-state index in [4.69, 9.17) is 18.0 Å². The average molecular weight is 262 g/mol. The van der Waals surface area contributed by atoms with Crippen LogP contribution >= 0.6 is 23.6 Å². The van der Waals surface area contributed by atoms with Crippen LogP contribution in [0.3, 0.4) is 0 Å². The third kappa shape index (κ3) is 3.28. The predicted octanol–water partition coefficient (Wildman–Crippen LogP) is 3.04. The van der Waals surface area contributed by atoms with Crippen molar-refractivity contribution in [2.75, 3.05) is 11.9 Å². The fraction of sp³-hybridized carbons (Fsp3) is 0.154. The molecule has 0 aliphatic heterocycles. The molecule has 0 saturated heterocycles. The van der Waals surface area contributed by atoms with Crippen LogP contribution in [0, 0.1) is 0 Å². The maximum Gasteiger partial charge on any atom is 0.106 e. The molecule has 1 aromatic carbocycles. The molecule has 2 nitrogen and oxygen atoms in total. The molecular formula is C13H14N2S2. The molecule has 2 aromatic rings. The van der Waals surface area contributed by atoms with Gasteiger partial charge in [-0.05, 0) is 30.0 Å². The van der Waals surface area contributed by atoms with E-state index in [1.54, 1.807) is 11.3 Å². The standard InChI is InChI=1S/C13H14N2S2/c14-13(16)11-5-1-2-6-12(11)15-8-7-10-4-3-9-17-10/h1-6,9,15H,7-8H2,(H2,14,16). The molecule has 0 saturated carbocycles. The highest BCUT2D eigenvalue weighted by Gasteiger charge is 2.03. The highest BCUT2D eigenvalue weighted by molar-refractivity contribution is 7.80. The lowest BCUT2D eigenvalue weighted by Gasteiger charge is -2.10. The van der Waals surface area contributed by atoms with Crippen LogP contribution in [0.5, 0.6) is 0 Å². The first-order chi connectivity index (χ1) is 8.27. The molecular weight excluding hydrogens is 248 g/mol. The fourth-order valence-electron chi connectivity index (χ4n) is 1.63. The van der Waals surface area contributed by atoms with Gasteiger partial charge in [-0.2, -0.15) is 0 Å². The smallest absolute Gasteiger partial charge is 0.106 e. The molecule has 3 N–H and O–H groups in total. The van der Waals surface area contributed by atoms with Gasteiger partial charge in [-0.25, -0.2) is 0 Å². The van der Waals surface area contributed by atoms with Crippen molar-refractivity contribution < 1.29 is 0 Å². The number of thiocarbonyl (C=S) groups is 1. The Morgan fingerprint density at radius 2 is 2.06 bits per heavy atom. The normalized spacial score (nSPS) is 10.1. The molecule has 0 atom stereocenters. The predicted molar refractivity (Wildman–Crippen MR) is 78.8 cm³/mol. The van der Waals surface area contributed by atoms with Crippen LogP contribution in [0.25, 0.3) is 0 Å². The molecule has 0 fully saturated rings. The first kappa shape index (κ1) is 12.1. The van der Waals surface area contributed by atoms with Crippen molar-refractivity contribution in [3.63, 3.8) is 0 Å². The summed E-state index contributed by atoms with van der Waals surface area (Å²) in [5.41, 5.74) is 7.60. The summed E-state index contributed by atoms with van der Waals surface area (Å²) in [6.07, 6.45) is 1.02. The Morgan fingerprint density at radius 3 is 2.76 bits per heavy atom. The SMILES string of the molecule is NC(=S)c1ccccc1NCCc1cccs1. The lowest BCUT2D eigenvalue weighted by Crippen LogP contribution is -2.14. The van der Waals surface area contributed by atoms with Gasteiger partial charge in [0, 0.05) is 22.7 Å². The summed E-state index contributed by atoms with van der Waals surface area (Å²) in [5, 5.41) is 5.47. The van der Waals surface area contributed by atoms with Crippen LogP contribution in [0.2, 0.25) is 0 Å². The van der Waals surface area contributed by atoms with Gasteiger partial charge in [0.05, 0.1) is 0 Å². The molecule has 1 heterocycles. The third-order valence-electron chi connectivity index (χ3n) is 2.46. The number of para-hydroxylation sites is 1. The summed E-state index contributed by atoms with van der Waals surface area (Å²) >= 11 is 6.80. The summed E-state index contributed by atoms with van der Waals surface area (Å²) in [6, 6.07) is 12.1. The first-order valence-corrected chi connectivity index (χ1v) is 6.71. The van der Waals surface area contributed by atoms with E-state index in [9.17, 15) is 0 Å². The van der Waals surface area contributed by atoms with Crippen LogP contribution < -0.4 is 11.1 Å². The third-order valence-corrected chi connectivity index (χ3v) is 3.62. The van der Waals surface area contributed by atoms with Gasteiger partial charge in [0.1, 0.15) is 4.99 Å². The maximum atomic E-state index is 5.67. The number of anilines is 1. The van der Waals surface area contributed by atoms with Gasteiger partial charge in [-0.3, -0.25) is 0 Å². The van der Waals surface area contributed by atoms with E-state index in [0.717, 1.165) is 24.2 Å². The monoisotopic (exact) mass is 262 g/mol. The van der Waals surface area contributed by atoms with Gasteiger partial charge in [0.2, 0.25) is 0 Å². The second-order valence-corrected chi connectivity index (χ2v) is 5.14. The quantitative estimate of drug-likeness (QED) is 0.813. The minimum atomic E-state index is 0.434. The Labute approximate surface area is 110 Å². The number of nitrogens with two attached hydrogens (primary N) is 1. The number of benzene rings is 1. The van der Waals surface area contributed by atoms with Crippen molar-refractivity contribution in [3.05, 3.63) is 52.2 Å². The molecule has 0 bridgehead atoms. The van der Waals surface area contributed by atoms with Gasteiger partial charge in [0.25, 0.3) is 0 Å². The molecule has 0 aliphatic rings. The lowest BCUT2D eigenvalue weighted by molar-refractivity contribution is 1.04. The Balaban J connectivity index is 1.97. The minimum Gasteiger partial charge on any atom is -0.389 e. The fourth-order valence-corrected chi connectivity index (χ4v) is 2.51. The zero-order valence-electron chi connectivity index (χ0n) is 9.35. The molecule has 0 aliphatic carbocycles. The zero-order valence-corrected chi connectivity index (χ0v) is 11.0. The highest BCUT2D eigenvalue weighted by Crippen LogP contribution is 2.15. The number of thiophene rings is 1. The molecule has 88 valence electrons. The number of rotatable bonds is 5. The van der Waals surface area contributed by atoms with Crippen molar-refractivity contribution >= 4 is 34.2 Å². The Bertz CT molecular complexity index is 492. The van der Waals surface area contributed by atoms with Crippen LogP contribution in [0.1, 0.15) is 10.4 Å². The summed E-state index contributed by atoms with van der Waals surface area (Å²) in [6.45, 7) is 0.889. The van der Waals surface area contributed by atoms with E-state index in [-0.39, 0.29) is 0 Å². The molecule has 17 heavy (non-hydrogen) atoms. The lowest BCUT2D eigenvalue weighted by atomic mass is 10.1. The Kier molecular flexibility index (Phi) is 4.12. The van der Waals surface area contributed by atoms with Crippen molar-refractivity contribution in [1.29, 1.82) is 0 Å². The van der Waals surface area contributed by atoms with E-state index >= 15 is 0 Å². The van der Waals surface area contributed by atoms with Crippen LogP contribution in [-0.2, 0) is 6.42 Å². The molecule has 1 aromatic heterocycles. The number of hydrogen-bond acceptors (Lipinski definition) is 3. The number of nitrogens with one attached hydrogen (secondary N) is 1. The summed E-state index contributed by atoms with van der Waals surface area (Å²) in [7, 11) is 0. The average Bonchev–Trinajstić information content (AvgIpc) is 2.82. The van der Waals surface area contributed by atoms with Crippen LogP contribution in [0.4, 0.5) is 5.69 Å². The Hall–Kier alpha value is -1.39. The maximum absolute atomic E-state index is 5.67. The second kappa shape index (κ2) is 5.80. The van der Waals surface area contributed by atoms with E-state index in [1.807, 2.05) is 24.3 Å². The van der Waals surface area contributed by atoms with E-state index in [1.165, 1.54) is 4.88 Å². The van der Waals surface area contributed by atoms with E-state index < -0.39 is 0 Å². The largest absolute Gasteiger partial charge is 0.389 e. The zero-order chi connectivity index (χ0) is 12.1. The van der Waals surface area contributed by atoms with Crippen molar-refractivity contribution in [3.8, 4) is 0 Å². The van der Waals surface area contributed by atoms with Gasteiger partial charge in [-0.15, -0.1) is 11.3 Å². The number of hydrogen-bond donors (Lipinski definition) is 2. The van der Waals surface area contributed by atoms with Crippen molar-refractivity contribution in [1.82, 2.24) is 0 Å². The van der Waals surface area contributed by atoms with Gasteiger partial charge in [0.15, 0.2) is 0 Å². The van der Waals surface area contributed by atoms with Gasteiger partial charge >= 0.3 is 0 Å². The van der Waals surface area contributed by atoms with Gasteiger partial charge < -0.3 is 11.1 Å². The van der Waals surface area contributed by atoms with Crippen molar-refractivity contribution in [2.45, 2.75) is 6.42 Å². The van der Waals surface area contributed by atoms with Crippen LogP contribution in [-0.4, -0.2) is 11.5 Å².